The zero-order chi connectivity index (χ0) is 25.6. The Morgan fingerprint density at radius 1 is 1.31 bits per heavy atom. The van der Waals surface area contributed by atoms with E-state index in [0.717, 1.165) is 48.5 Å². The predicted molar refractivity (Wildman–Crippen MR) is 139 cm³/mol. The van der Waals surface area contributed by atoms with Crippen molar-refractivity contribution in [1.29, 1.82) is 5.26 Å². The Labute approximate surface area is 208 Å². The number of nitrogens with zero attached hydrogens (tertiary/aromatic N) is 2. The van der Waals surface area contributed by atoms with Crippen LogP contribution in [0, 0.1) is 17.2 Å². The quantitative estimate of drug-likeness (QED) is 0.473. The normalized spacial score (nSPS) is 15.9. The minimum atomic E-state index is -0.537. The first-order valence-electron chi connectivity index (χ1n) is 11.6. The van der Waals surface area contributed by atoms with Crippen molar-refractivity contribution >= 4 is 17.5 Å². The number of rotatable bonds is 5. The Bertz CT molecular complexity index is 1150. The molecule has 2 atom stereocenters. The summed E-state index contributed by atoms with van der Waals surface area (Å²) < 4.78 is 11.8. The molecule has 2 aromatic carbocycles. The summed E-state index contributed by atoms with van der Waals surface area (Å²) in [6.07, 6.45) is 0.984. The molecule has 1 saturated heterocycles. The molecule has 1 aliphatic heterocycles. The number of ether oxygens (including phenoxy) is 1. The number of aromatic nitrogens is 1. The van der Waals surface area contributed by atoms with E-state index >= 15 is 0 Å². The van der Waals surface area contributed by atoms with Crippen LogP contribution in [-0.2, 0) is 23.0 Å². The van der Waals surface area contributed by atoms with Crippen LogP contribution < -0.4 is 16.4 Å². The van der Waals surface area contributed by atoms with Crippen LogP contribution in [0.2, 0.25) is 0 Å². The van der Waals surface area contributed by atoms with E-state index in [-0.39, 0.29) is 15.2 Å². The van der Waals surface area contributed by atoms with E-state index < -0.39 is 6.04 Å². The lowest BCUT2D eigenvalue weighted by Crippen LogP contribution is -2.28. The van der Waals surface area contributed by atoms with Crippen molar-refractivity contribution in [1.82, 2.24) is 15.2 Å². The molecule has 0 aliphatic carbocycles. The SMILES string of the molecule is CCO.C[C@@H]1CNCCOC1.Cn1c(=O)oc2ccc(-c3ccc(C[C@@H](C#N)NC=O)cc3)cc21.[HH].[HH]. The Morgan fingerprint density at radius 2 is 2.00 bits per heavy atom. The molecule has 0 radical (unpaired) electrons. The third kappa shape index (κ3) is 8.68. The van der Waals surface area contributed by atoms with Crippen molar-refractivity contribution in [2.45, 2.75) is 26.3 Å². The van der Waals surface area contributed by atoms with Gasteiger partial charge in [-0.15, -0.1) is 0 Å². The van der Waals surface area contributed by atoms with Crippen molar-refractivity contribution in [3.8, 4) is 17.2 Å². The first kappa shape index (κ1) is 27.8. The predicted octanol–water partition coefficient (Wildman–Crippen LogP) is 2.71. The third-order valence-electron chi connectivity index (χ3n) is 5.26. The van der Waals surface area contributed by atoms with Crippen molar-refractivity contribution in [3.05, 3.63) is 58.6 Å². The van der Waals surface area contributed by atoms with Gasteiger partial charge >= 0.3 is 5.76 Å². The Balaban J connectivity index is 0.000000840. The number of nitriles is 1. The first-order chi connectivity index (χ1) is 16.9. The topological polar surface area (TPSA) is 130 Å². The minimum absolute atomic E-state index is 0. The number of aryl methyl sites for hydroxylation is 1. The monoisotopic (exact) mass is 486 g/mol. The molecule has 1 aromatic heterocycles. The standard InChI is InChI=1S/C18H15N3O3.C6H13NO.C2H6O.2H2/c1-21-16-9-14(6-7-17(16)24-18(21)23)13-4-2-12(3-5-13)8-15(10-19)20-11-22;1-6-4-7-2-3-8-5-6;1-2-3;;/h2-7,9,11,15H,8H2,1H3,(H,20,22);6-7H,2-5H2,1H3;3H,2H2,1H3;2*1H/t15-;6-;;;/m01.../s1. The highest BCUT2D eigenvalue weighted by atomic mass is 16.5. The van der Waals surface area contributed by atoms with Gasteiger partial charge < -0.3 is 24.9 Å². The number of oxazole rings is 1. The number of amides is 1. The average Bonchev–Trinajstić information content (AvgIpc) is 3.00. The van der Waals surface area contributed by atoms with Gasteiger partial charge in [0, 0.05) is 29.5 Å². The second-order valence-corrected chi connectivity index (χ2v) is 8.18. The van der Waals surface area contributed by atoms with Crippen molar-refractivity contribution in [2.75, 3.05) is 32.9 Å². The molecule has 0 saturated carbocycles. The summed E-state index contributed by atoms with van der Waals surface area (Å²) in [5.41, 5.74) is 4.21. The van der Waals surface area contributed by atoms with Gasteiger partial charge in [-0.2, -0.15) is 5.26 Å². The van der Waals surface area contributed by atoms with Gasteiger partial charge in [-0.3, -0.25) is 9.36 Å². The Morgan fingerprint density at radius 3 is 2.66 bits per heavy atom. The van der Waals surface area contributed by atoms with Crippen LogP contribution in [0.1, 0.15) is 22.3 Å². The first-order valence-corrected chi connectivity index (χ1v) is 11.6. The minimum Gasteiger partial charge on any atom is -0.408 e. The average molecular weight is 487 g/mol. The van der Waals surface area contributed by atoms with Crippen molar-refractivity contribution in [3.63, 3.8) is 0 Å². The number of hydrogen-bond donors (Lipinski definition) is 3. The van der Waals surface area contributed by atoms with E-state index in [1.807, 2.05) is 42.5 Å². The van der Waals surface area contributed by atoms with Crippen LogP contribution in [0.5, 0.6) is 0 Å². The van der Waals surface area contributed by atoms with Crippen LogP contribution in [0.3, 0.4) is 0 Å². The maximum atomic E-state index is 11.6. The zero-order valence-electron chi connectivity index (χ0n) is 20.5. The second-order valence-electron chi connectivity index (χ2n) is 8.18. The number of aliphatic hydroxyl groups is 1. The number of carbonyl (C=O) groups excluding carboxylic acids is 1. The van der Waals surface area contributed by atoms with Gasteiger partial charge in [-0.05, 0) is 48.2 Å². The van der Waals surface area contributed by atoms with Gasteiger partial charge in [-0.25, -0.2) is 4.79 Å². The number of aliphatic hydroxyl groups excluding tert-OH is 1. The van der Waals surface area contributed by atoms with Crippen LogP contribution in [0.25, 0.3) is 22.2 Å². The van der Waals surface area contributed by atoms with E-state index in [2.05, 4.69) is 17.6 Å². The van der Waals surface area contributed by atoms with Gasteiger partial charge in [0.1, 0.15) is 6.04 Å². The fourth-order valence-corrected chi connectivity index (χ4v) is 3.44. The molecule has 9 heteroatoms. The van der Waals surface area contributed by atoms with E-state index in [1.54, 1.807) is 20.0 Å². The summed E-state index contributed by atoms with van der Waals surface area (Å²) in [6.45, 7) is 8.06. The molecule has 0 bridgehead atoms. The molecule has 0 spiro atoms. The summed E-state index contributed by atoms with van der Waals surface area (Å²) in [5.74, 6) is 0.306. The molecule has 1 aliphatic rings. The Kier molecular flexibility index (Phi) is 11.7. The number of nitrogens with one attached hydrogen (secondary N) is 2. The fraction of sp³-hybridized carbons (Fsp3) is 0.423. The molecular weight excluding hydrogens is 448 g/mol. The third-order valence-corrected chi connectivity index (χ3v) is 5.26. The van der Waals surface area contributed by atoms with Gasteiger partial charge in [0.05, 0.1) is 24.8 Å². The number of hydrogen-bond acceptors (Lipinski definition) is 7. The molecule has 1 fully saturated rings. The summed E-state index contributed by atoms with van der Waals surface area (Å²) in [7, 11) is 1.67. The highest BCUT2D eigenvalue weighted by Gasteiger charge is 2.09. The van der Waals surface area contributed by atoms with Gasteiger partial charge in [0.2, 0.25) is 6.41 Å². The van der Waals surface area contributed by atoms with Crippen LogP contribution in [-0.4, -0.2) is 55.0 Å². The number of benzene rings is 2. The number of carbonyl (C=O) groups is 1. The molecule has 4 rings (SSSR count). The molecular formula is C26H38N4O5. The lowest BCUT2D eigenvalue weighted by molar-refractivity contribution is -0.109. The number of fused-ring (bicyclic) bond motifs is 1. The molecule has 3 N–H and O–H groups in total. The van der Waals surface area contributed by atoms with Crippen molar-refractivity contribution < 1.29 is 21.9 Å². The summed E-state index contributed by atoms with van der Waals surface area (Å²) in [4.78, 5) is 22.0. The zero-order valence-corrected chi connectivity index (χ0v) is 20.5. The maximum Gasteiger partial charge on any atom is 0.419 e. The highest BCUT2D eigenvalue weighted by molar-refractivity contribution is 5.80. The molecule has 35 heavy (non-hydrogen) atoms. The molecule has 192 valence electrons. The summed E-state index contributed by atoms with van der Waals surface area (Å²) in [6, 6.07) is 14.8. The van der Waals surface area contributed by atoms with Gasteiger partial charge in [0.25, 0.3) is 0 Å². The Hall–Kier alpha value is -3.45. The highest BCUT2D eigenvalue weighted by Crippen LogP contribution is 2.24. The van der Waals surface area contributed by atoms with Crippen LogP contribution >= 0.6 is 0 Å². The van der Waals surface area contributed by atoms with E-state index in [0.29, 0.717) is 24.3 Å². The van der Waals surface area contributed by atoms with E-state index in [1.165, 1.54) is 4.57 Å². The summed E-state index contributed by atoms with van der Waals surface area (Å²) >= 11 is 0. The lowest BCUT2D eigenvalue weighted by atomic mass is 10.0. The molecule has 2 heterocycles. The van der Waals surface area contributed by atoms with Crippen LogP contribution in [0.15, 0.2) is 51.7 Å². The molecule has 1 amide bonds. The molecule has 3 aromatic rings. The van der Waals surface area contributed by atoms with Crippen molar-refractivity contribution in [2.24, 2.45) is 13.0 Å². The lowest BCUT2D eigenvalue weighted by Gasteiger charge is -2.08. The van der Waals surface area contributed by atoms with E-state index in [9.17, 15) is 9.59 Å². The second kappa shape index (κ2) is 14.7. The van der Waals surface area contributed by atoms with Gasteiger partial charge in [-0.1, -0.05) is 37.3 Å². The van der Waals surface area contributed by atoms with Gasteiger partial charge in [0.15, 0.2) is 5.58 Å². The smallest absolute Gasteiger partial charge is 0.408 e. The molecule has 9 nitrogen and oxygen atoms in total. The maximum absolute atomic E-state index is 11.6. The van der Waals surface area contributed by atoms with Crippen LogP contribution in [0.4, 0.5) is 0 Å². The molecule has 0 unspecified atom stereocenters. The largest absolute Gasteiger partial charge is 0.419 e. The fourth-order valence-electron chi connectivity index (χ4n) is 3.44. The summed E-state index contributed by atoms with van der Waals surface area (Å²) in [5, 5.41) is 22.3. The van der Waals surface area contributed by atoms with E-state index in [4.69, 9.17) is 19.5 Å².